The topological polar surface area (TPSA) is 75.7 Å². The third-order valence-electron chi connectivity index (χ3n) is 5.43. The van der Waals surface area contributed by atoms with Gasteiger partial charge in [-0.05, 0) is 49.2 Å². The summed E-state index contributed by atoms with van der Waals surface area (Å²) < 4.78 is 33.6. The van der Waals surface area contributed by atoms with Crippen LogP contribution in [0.3, 0.4) is 0 Å². The van der Waals surface area contributed by atoms with Gasteiger partial charge < -0.3 is 10.1 Å². The predicted molar refractivity (Wildman–Crippen MR) is 120 cm³/mol. The zero-order valence-electron chi connectivity index (χ0n) is 17.4. The van der Waals surface area contributed by atoms with Crippen molar-refractivity contribution in [3.8, 4) is 5.75 Å². The molecule has 1 atom stereocenters. The monoisotopic (exact) mass is 436 g/mol. The van der Waals surface area contributed by atoms with Crippen LogP contribution in [0.2, 0.25) is 0 Å². The molecule has 6 nitrogen and oxygen atoms in total. The average molecular weight is 437 g/mol. The molecule has 3 aromatic carbocycles. The molecule has 0 fully saturated rings. The molecule has 3 aromatic rings. The molecule has 0 aliphatic carbocycles. The van der Waals surface area contributed by atoms with Crippen LogP contribution in [0.15, 0.2) is 77.7 Å². The number of fused-ring (bicyclic) bond motifs is 1. The number of carbonyl (C=O) groups is 1. The molecule has 160 valence electrons. The third-order valence-corrected chi connectivity index (χ3v) is 7.35. The van der Waals surface area contributed by atoms with Gasteiger partial charge in [0.25, 0.3) is 15.9 Å². The Morgan fingerprint density at radius 1 is 1.06 bits per heavy atom. The van der Waals surface area contributed by atoms with E-state index in [2.05, 4.69) is 5.32 Å². The number of para-hydroxylation sites is 2. The van der Waals surface area contributed by atoms with Crippen LogP contribution in [-0.4, -0.2) is 27.5 Å². The minimum atomic E-state index is -3.80. The van der Waals surface area contributed by atoms with Crippen LogP contribution in [0.25, 0.3) is 0 Å². The number of hydrogen-bond acceptors (Lipinski definition) is 4. The zero-order chi connectivity index (χ0) is 22.0. The quantitative estimate of drug-likeness (QED) is 0.638. The summed E-state index contributed by atoms with van der Waals surface area (Å²) >= 11 is 0. The van der Waals surface area contributed by atoms with Crippen molar-refractivity contribution in [2.75, 3.05) is 11.4 Å². The van der Waals surface area contributed by atoms with E-state index in [9.17, 15) is 13.2 Å². The van der Waals surface area contributed by atoms with Crippen molar-refractivity contribution in [3.05, 3.63) is 89.5 Å². The fourth-order valence-electron chi connectivity index (χ4n) is 3.94. The number of sulfonamides is 1. The van der Waals surface area contributed by atoms with Crippen molar-refractivity contribution in [3.63, 3.8) is 0 Å². The van der Waals surface area contributed by atoms with Crippen LogP contribution in [0.5, 0.6) is 5.75 Å². The van der Waals surface area contributed by atoms with E-state index in [1.807, 2.05) is 55.5 Å². The van der Waals surface area contributed by atoms with E-state index in [1.165, 1.54) is 16.4 Å². The first-order chi connectivity index (χ1) is 14.9. The van der Waals surface area contributed by atoms with Crippen molar-refractivity contribution in [1.29, 1.82) is 0 Å². The highest BCUT2D eigenvalue weighted by atomic mass is 32.2. The molecule has 1 amide bonds. The van der Waals surface area contributed by atoms with Crippen molar-refractivity contribution < 1.29 is 17.9 Å². The number of rotatable bonds is 6. The molecule has 0 aromatic heterocycles. The molecular weight excluding hydrogens is 412 g/mol. The van der Waals surface area contributed by atoms with E-state index in [4.69, 9.17) is 4.74 Å². The van der Waals surface area contributed by atoms with Crippen LogP contribution in [0.4, 0.5) is 5.69 Å². The Morgan fingerprint density at radius 2 is 1.81 bits per heavy atom. The number of nitrogens with one attached hydrogen (secondary N) is 1. The van der Waals surface area contributed by atoms with Gasteiger partial charge in [-0.25, -0.2) is 8.42 Å². The molecule has 0 spiro atoms. The SMILES string of the molecule is COc1ccccc1CNC(=O)c1cccc(S(=O)(=O)N2c3ccccc3CC2C)c1. The first-order valence-electron chi connectivity index (χ1n) is 10.0. The lowest BCUT2D eigenvalue weighted by Crippen LogP contribution is -2.35. The second-order valence-electron chi connectivity index (χ2n) is 7.51. The summed E-state index contributed by atoms with van der Waals surface area (Å²) in [4.78, 5) is 12.8. The number of amides is 1. The van der Waals surface area contributed by atoms with Gasteiger partial charge in [0.05, 0.1) is 17.7 Å². The fourth-order valence-corrected chi connectivity index (χ4v) is 5.68. The molecule has 1 aliphatic rings. The van der Waals surface area contributed by atoms with Gasteiger partial charge in [0.2, 0.25) is 0 Å². The molecule has 0 bridgehead atoms. The maximum Gasteiger partial charge on any atom is 0.264 e. The number of benzene rings is 3. The number of carbonyl (C=O) groups excluding carboxylic acids is 1. The Balaban J connectivity index is 1.57. The molecule has 4 rings (SSSR count). The van der Waals surface area contributed by atoms with Crippen LogP contribution >= 0.6 is 0 Å². The first-order valence-corrected chi connectivity index (χ1v) is 11.5. The van der Waals surface area contributed by atoms with Crippen LogP contribution < -0.4 is 14.4 Å². The number of hydrogen-bond donors (Lipinski definition) is 1. The molecule has 31 heavy (non-hydrogen) atoms. The van der Waals surface area contributed by atoms with Gasteiger partial charge in [-0.15, -0.1) is 0 Å². The Morgan fingerprint density at radius 3 is 2.61 bits per heavy atom. The van der Waals surface area contributed by atoms with Gasteiger partial charge in [0.1, 0.15) is 5.75 Å². The maximum atomic E-state index is 13.4. The van der Waals surface area contributed by atoms with Gasteiger partial charge in [-0.3, -0.25) is 9.10 Å². The molecule has 1 aliphatic heterocycles. The molecule has 0 saturated heterocycles. The summed E-state index contributed by atoms with van der Waals surface area (Å²) in [5, 5.41) is 2.84. The molecule has 0 radical (unpaired) electrons. The number of ether oxygens (including phenoxy) is 1. The smallest absolute Gasteiger partial charge is 0.264 e. The van der Waals surface area contributed by atoms with Gasteiger partial charge in [0.15, 0.2) is 0 Å². The lowest BCUT2D eigenvalue weighted by molar-refractivity contribution is 0.0950. The molecule has 7 heteroatoms. The van der Waals surface area contributed by atoms with Crippen molar-refractivity contribution in [1.82, 2.24) is 5.32 Å². The number of methoxy groups -OCH3 is 1. The Kier molecular flexibility index (Phi) is 5.69. The normalized spacial score (nSPS) is 15.4. The van der Waals surface area contributed by atoms with Crippen molar-refractivity contribution in [2.24, 2.45) is 0 Å². The van der Waals surface area contributed by atoms with Gasteiger partial charge in [0, 0.05) is 23.7 Å². The van der Waals surface area contributed by atoms with E-state index < -0.39 is 10.0 Å². The standard InChI is InChI=1S/C24H24N2O4S/c1-17-14-18-8-3-5-12-22(18)26(17)31(28,29)21-11-7-10-19(15-21)24(27)25-16-20-9-4-6-13-23(20)30-2/h3-13,15,17H,14,16H2,1-2H3,(H,25,27). The largest absolute Gasteiger partial charge is 0.496 e. The lowest BCUT2D eigenvalue weighted by Gasteiger charge is -2.24. The van der Waals surface area contributed by atoms with Crippen LogP contribution in [-0.2, 0) is 23.0 Å². The predicted octanol–water partition coefficient (Wildman–Crippen LogP) is 3.77. The maximum absolute atomic E-state index is 13.4. The molecule has 1 heterocycles. The van der Waals surface area contributed by atoms with E-state index in [0.29, 0.717) is 17.9 Å². The third kappa shape index (κ3) is 4.01. The molecule has 1 unspecified atom stereocenters. The Bertz CT molecular complexity index is 1220. The summed E-state index contributed by atoms with van der Waals surface area (Å²) in [7, 11) is -2.23. The van der Waals surface area contributed by atoms with Crippen molar-refractivity contribution in [2.45, 2.75) is 30.8 Å². The number of anilines is 1. The highest BCUT2D eigenvalue weighted by Crippen LogP contribution is 2.36. The van der Waals surface area contributed by atoms with E-state index in [0.717, 1.165) is 11.1 Å². The molecule has 0 saturated carbocycles. The van der Waals surface area contributed by atoms with Crippen molar-refractivity contribution >= 4 is 21.6 Å². The second-order valence-corrected chi connectivity index (χ2v) is 9.32. The van der Waals surface area contributed by atoms with E-state index >= 15 is 0 Å². The van der Waals surface area contributed by atoms with Gasteiger partial charge in [-0.1, -0.05) is 42.5 Å². The molecular formula is C24H24N2O4S. The Hall–Kier alpha value is -3.32. The van der Waals surface area contributed by atoms with Gasteiger partial charge in [-0.2, -0.15) is 0 Å². The summed E-state index contributed by atoms with van der Waals surface area (Å²) in [5.74, 6) is 0.332. The Labute approximate surface area is 182 Å². The van der Waals surface area contributed by atoms with E-state index in [1.54, 1.807) is 19.2 Å². The van der Waals surface area contributed by atoms with Gasteiger partial charge >= 0.3 is 0 Å². The summed E-state index contributed by atoms with van der Waals surface area (Å²) in [6.45, 7) is 2.16. The first kappa shape index (κ1) is 20.9. The minimum Gasteiger partial charge on any atom is -0.496 e. The summed E-state index contributed by atoms with van der Waals surface area (Å²) in [5.41, 5.74) is 2.83. The van der Waals surface area contributed by atoms with E-state index in [-0.39, 0.29) is 29.0 Å². The zero-order valence-corrected chi connectivity index (χ0v) is 18.2. The average Bonchev–Trinajstić information content (AvgIpc) is 3.14. The van der Waals surface area contributed by atoms with Crippen LogP contribution in [0, 0.1) is 0 Å². The van der Waals surface area contributed by atoms with Crippen LogP contribution in [0.1, 0.15) is 28.4 Å². The highest BCUT2D eigenvalue weighted by Gasteiger charge is 2.36. The fraction of sp³-hybridized carbons (Fsp3) is 0.208. The minimum absolute atomic E-state index is 0.0981. The summed E-state index contributed by atoms with van der Waals surface area (Å²) in [6, 6.07) is 20.9. The highest BCUT2D eigenvalue weighted by molar-refractivity contribution is 7.92. The lowest BCUT2D eigenvalue weighted by atomic mass is 10.1. The number of nitrogens with zero attached hydrogens (tertiary/aromatic N) is 1. The molecule has 1 N–H and O–H groups in total. The second kappa shape index (κ2) is 8.43. The summed E-state index contributed by atoms with van der Waals surface area (Å²) in [6.07, 6.45) is 0.661.